The molecule has 3 N–H and O–H groups in total. The van der Waals surface area contributed by atoms with Crippen LogP contribution in [0.4, 0.5) is 5.82 Å². The second-order valence-corrected chi connectivity index (χ2v) is 6.90. The third kappa shape index (κ3) is 7.25. The smallest absolute Gasteiger partial charge is 0.287 e. The summed E-state index contributed by atoms with van der Waals surface area (Å²) in [5.74, 6) is 1.10. The number of nitrogens with one attached hydrogen (secondary N) is 3. The molecule has 0 saturated carbocycles. The zero-order valence-electron chi connectivity index (χ0n) is 19.7. The van der Waals surface area contributed by atoms with Crippen LogP contribution in [0.15, 0.2) is 18.2 Å². The largest absolute Gasteiger partial charge is 0.493 e. The van der Waals surface area contributed by atoms with Crippen molar-refractivity contribution in [3.05, 3.63) is 35.3 Å². The number of aromatic nitrogens is 2. The van der Waals surface area contributed by atoms with Crippen molar-refractivity contribution in [2.45, 2.75) is 26.7 Å². The van der Waals surface area contributed by atoms with Gasteiger partial charge in [-0.1, -0.05) is 6.92 Å². The monoisotopic (exact) mass is 460 g/mol. The van der Waals surface area contributed by atoms with E-state index >= 15 is 0 Å². The van der Waals surface area contributed by atoms with E-state index in [1.165, 1.54) is 27.4 Å². The zero-order valence-corrected chi connectivity index (χ0v) is 19.7. The first-order valence-corrected chi connectivity index (χ1v) is 10.7. The molecule has 1 aromatic carbocycles. The minimum absolute atomic E-state index is 0.138. The van der Waals surface area contributed by atoms with Gasteiger partial charge in [0.05, 0.1) is 33.6 Å². The van der Waals surface area contributed by atoms with Crippen molar-refractivity contribution in [1.82, 2.24) is 15.3 Å². The molecule has 0 saturated heterocycles. The quantitative estimate of drug-likeness (QED) is 0.310. The molecule has 0 fully saturated rings. The van der Waals surface area contributed by atoms with Crippen LogP contribution in [0.25, 0.3) is 6.08 Å². The molecule has 2 amide bonds. The van der Waals surface area contributed by atoms with Crippen molar-refractivity contribution in [2.24, 2.45) is 0 Å². The average Bonchev–Trinajstić information content (AvgIpc) is 3.22. The third-order valence-electron chi connectivity index (χ3n) is 4.59. The van der Waals surface area contributed by atoms with Crippen LogP contribution in [0.2, 0.25) is 0 Å². The fourth-order valence-corrected chi connectivity index (χ4v) is 2.97. The van der Waals surface area contributed by atoms with Gasteiger partial charge in [-0.25, -0.2) is 4.98 Å². The van der Waals surface area contributed by atoms with Gasteiger partial charge in [0, 0.05) is 25.6 Å². The highest BCUT2D eigenvalue weighted by Gasteiger charge is 2.17. The maximum atomic E-state index is 12.6. The first-order chi connectivity index (χ1) is 16.0. The van der Waals surface area contributed by atoms with Gasteiger partial charge >= 0.3 is 0 Å². The van der Waals surface area contributed by atoms with Crippen molar-refractivity contribution >= 4 is 23.7 Å². The SMILES string of the molecule is CCCNC(=O)c1nc(NC(=O)/C=C\c2cc(OC)c(OC)c(OC)c2)c(CCOCC)[nH]1. The first kappa shape index (κ1) is 25.7. The number of benzene rings is 1. The van der Waals surface area contributed by atoms with E-state index in [0.717, 1.165) is 6.42 Å². The summed E-state index contributed by atoms with van der Waals surface area (Å²) in [6, 6.07) is 3.45. The molecule has 180 valence electrons. The lowest BCUT2D eigenvalue weighted by Crippen LogP contribution is -2.25. The summed E-state index contributed by atoms with van der Waals surface area (Å²) in [4.78, 5) is 32.1. The number of amides is 2. The van der Waals surface area contributed by atoms with Gasteiger partial charge < -0.3 is 34.6 Å². The summed E-state index contributed by atoms with van der Waals surface area (Å²) in [5, 5.41) is 5.49. The Labute approximate surface area is 193 Å². The number of aromatic amines is 1. The molecule has 0 unspecified atom stereocenters. The van der Waals surface area contributed by atoms with Crippen LogP contribution in [0.3, 0.4) is 0 Å². The molecule has 10 nitrogen and oxygen atoms in total. The van der Waals surface area contributed by atoms with Crippen LogP contribution in [0.1, 0.15) is 42.1 Å². The Hall–Kier alpha value is -3.53. The number of hydrogen-bond acceptors (Lipinski definition) is 7. The lowest BCUT2D eigenvalue weighted by molar-refractivity contribution is -0.111. The summed E-state index contributed by atoms with van der Waals surface area (Å²) >= 11 is 0. The molecule has 0 atom stereocenters. The highest BCUT2D eigenvalue weighted by Crippen LogP contribution is 2.38. The maximum Gasteiger partial charge on any atom is 0.287 e. The van der Waals surface area contributed by atoms with Crippen LogP contribution in [-0.2, 0) is 16.0 Å². The van der Waals surface area contributed by atoms with Gasteiger partial charge in [0.15, 0.2) is 23.1 Å². The molecule has 0 aliphatic rings. The van der Waals surface area contributed by atoms with Crippen LogP contribution in [0.5, 0.6) is 17.2 Å². The zero-order chi connectivity index (χ0) is 24.2. The molecule has 0 bridgehead atoms. The highest BCUT2D eigenvalue weighted by molar-refractivity contribution is 6.02. The molecular formula is C23H32N4O6. The van der Waals surface area contributed by atoms with E-state index in [2.05, 4.69) is 20.6 Å². The van der Waals surface area contributed by atoms with Crippen molar-refractivity contribution < 1.29 is 28.5 Å². The number of nitrogens with zero attached hydrogens (tertiary/aromatic N) is 1. The Morgan fingerprint density at radius 3 is 2.36 bits per heavy atom. The number of methoxy groups -OCH3 is 3. The van der Waals surface area contributed by atoms with Gasteiger partial charge in [0.2, 0.25) is 11.7 Å². The Morgan fingerprint density at radius 1 is 1.09 bits per heavy atom. The van der Waals surface area contributed by atoms with E-state index in [0.29, 0.717) is 54.7 Å². The fraction of sp³-hybridized carbons (Fsp3) is 0.435. The van der Waals surface area contributed by atoms with Crippen LogP contribution in [0, 0.1) is 0 Å². The highest BCUT2D eigenvalue weighted by atomic mass is 16.5. The molecule has 10 heteroatoms. The molecule has 1 heterocycles. The minimum Gasteiger partial charge on any atom is -0.493 e. The number of H-pyrrole nitrogens is 1. The van der Waals surface area contributed by atoms with E-state index < -0.39 is 5.91 Å². The summed E-state index contributed by atoms with van der Waals surface area (Å²) in [6.07, 6.45) is 4.24. The summed E-state index contributed by atoms with van der Waals surface area (Å²) in [6.45, 7) is 5.39. The molecule has 0 spiro atoms. The topological polar surface area (TPSA) is 124 Å². The van der Waals surface area contributed by atoms with Crippen molar-refractivity contribution in [3.63, 3.8) is 0 Å². The van der Waals surface area contributed by atoms with E-state index in [4.69, 9.17) is 18.9 Å². The fourth-order valence-electron chi connectivity index (χ4n) is 2.97. The number of imidazole rings is 1. The number of anilines is 1. The molecule has 0 radical (unpaired) electrons. The first-order valence-electron chi connectivity index (χ1n) is 10.7. The Morgan fingerprint density at radius 2 is 1.79 bits per heavy atom. The van der Waals surface area contributed by atoms with Crippen LogP contribution < -0.4 is 24.8 Å². The standard InChI is InChI=1S/C23H32N4O6/c1-6-11-24-23(29)22-25-16(10-12-33-7-2)21(27-22)26-19(28)9-8-15-13-17(30-3)20(32-5)18(14-15)31-4/h8-9,13-14H,6-7,10-12H2,1-5H3,(H,24,29)(H,25,27)(H,26,28)/b9-8-. The molecule has 2 aromatic rings. The van der Waals surface area contributed by atoms with E-state index in [1.54, 1.807) is 18.2 Å². The lowest BCUT2D eigenvalue weighted by atomic mass is 10.1. The van der Waals surface area contributed by atoms with Gasteiger partial charge in [0.25, 0.3) is 5.91 Å². The second-order valence-electron chi connectivity index (χ2n) is 6.90. The summed E-state index contributed by atoms with van der Waals surface area (Å²) < 4.78 is 21.4. The second kappa shape index (κ2) is 13.1. The predicted molar refractivity (Wildman–Crippen MR) is 125 cm³/mol. The molecule has 2 rings (SSSR count). The lowest BCUT2D eigenvalue weighted by Gasteiger charge is -2.12. The van der Waals surface area contributed by atoms with Gasteiger partial charge in [-0.05, 0) is 37.1 Å². The van der Waals surface area contributed by atoms with Gasteiger partial charge in [-0.15, -0.1) is 0 Å². The predicted octanol–water partition coefficient (Wildman–Crippen LogP) is 2.81. The number of hydrogen-bond donors (Lipinski definition) is 3. The van der Waals surface area contributed by atoms with Crippen molar-refractivity contribution in [3.8, 4) is 17.2 Å². The number of rotatable bonds is 13. The molecule has 0 aliphatic heterocycles. The molecule has 1 aromatic heterocycles. The summed E-state index contributed by atoms with van der Waals surface area (Å²) in [7, 11) is 4.56. The van der Waals surface area contributed by atoms with Crippen molar-refractivity contribution in [2.75, 3.05) is 46.4 Å². The Balaban J connectivity index is 2.20. The van der Waals surface area contributed by atoms with Crippen molar-refractivity contribution in [1.29, 1.82) is 0 Å². The van der Waals surface area contributed by atoms with Crippen LogP contribution >= 0.6 is 0 Å². The Bertz CT molecular complexity index is 945. The average molecular weight is 461 g/mol. The maximum absolute atomic E-state index is 12.6. The van der Waals surface area contributed by atoms with E-state index in [1.807, 2.05) is 13.8 Å². The van der Waals surface area contributed by atoms with E-state index in [-0.39, 0.29) is 17.5 Å². The minimum atomic E-state index is -0.409. The Kier molecular flexibility index (Phi) is 10.2. The summed E-state index contributed by atoms with van der Waals surface area (Å²) in [5.41, 5.74) is 1.29. The molecule has 0 aliphatic carbocycles. The number of carbonyl (C=O) groups is 2. The number of carbonyl (C=O) groups excluding carboxylic acids is 2. The normalized spacial score (nSPS) is 10.8. The molecular weight excluding hydrogens is 428 g/mol. The van der Waals surface area contributed by atoms with Gasteiger partial charge in [-0.3, -0.25) is 9.59 Å². The third-order valence-corrected chi connectivity index (χ3v) is 4.59. The molecule has 33 heavy (non-hydrogen) atoms. The number of ether oxygens (including phenoxy) is 4. The van der Waals surface area contributed by atoms with Crippen LogP contribution in [-0.4, -0.2) is 62.9 Å². The van der Waals surface area contributed by atoms with Gasteiger partial charge in [0.1, 0.15) is 0 Å². The van der Waals surface area contributed by atoms with Gasteiger partial charge in [-0.2, -0.15) is 0 Å². The van der Waals surface area contributed by atoms with E-state index in [9.17, 15) is 9.59 Å².